The van der Waals surface area contributed by atoms with E-state index in [2.05, 4.69) is 4.52 Å². The number of phosphoric acid groups is 1. The van der Waals surface area contributed by atoms with Crippen molar-refractivity contribution in [1.29, 1.82) is 0 Å². The molecule has 2 atom stereocenters. The summed E-state index contributed by atoms with van der Waals surface area (Å²) < 4.78 is 14.0. The molecule has 0 heterocycles. The maximum atomic E-state index is 10.1. The van der Waals surface area contributed by atoms with Crippen LogP contribution < -0.4 is 29.6 Å². The fourth-order valence-electron chi connectivity index (χ4n) is 0.540. The summed E-state index contributed by atoms with van der Waals surface area (Å²) in [4.78, 5) is 26.3. The Hall–Kier alpha value is 0.700. The van der Waals surface area contributed by atoms with Crippen molar-refractivity contribution < 1.29 is 64.9 Å². The molecular weight excluding hydrogens is 226 g/mol. The van der Waals surface area contributed by atoms with Gasteiger partial charge in [-0.15, -0.1) is 0 Å². The normalized spacial score (nSPS) is 15.4. The van der Waals surface area contributed by atoms with Gasteiger partial charge in [-0.3, -0.25) is 4.52 Å². The standard InChI is InChI=1S/C5H11O7P.Na.H/c6-2-1-4(7)5(8)3-12-13(9,10)11;;/h2,4-5,7-8H,1,3H2,(H2,9,10,11);;/q;+1;-1/t4-,5+;;/m0../s1. The molecule has 0 amide bonds. The van der Waals surface area contributed by atoms with Crippen molar-refractivity contribution in [3.8, 4) is 0 Å². The van der Waals surface area contributed by atoms with E-state index in [1.165, 1.54) is 0 Å². The summed E-state index contributed by atoms with van der Waals surface area (Å²) in [6.45, 7) is -0.723. The summed E-state index contributed by atoms with van der Waals surface area (Å²) in [5, 5.41) is 17.8. The van der Waals surface area contributed by atoms with Crippen LogP contribution in [0, 0.1) is 0 Å². The molecular formula is C5H12NaO7P. The van der Waals surface area contributed by atoms with E-state index in [-0.39, 0.29) is 37.4 Å². The van der Waals surface area contributed by atoms with E-state index in [0.717, 1.165) is 0 Å². The summed E-state index contributed by atoms with van der Waals surface area (Å²) in [6, 6.07) is 0. The first-order valence-electron chi connectivity index (χ1n) is 3.36. The van der Waals surface area contributed by atoms with Gasteiger partial charge in [0.25, 0.3) is 0 Å². The fraction of sp³-hybridized carbons (Fsp3) is 0.800. The predicted molar refractivity (Wildman–Crippen MR) is 41.8 cm³/mol. The summed E-state index contributed by atoms with van der Waals surface area (Å²) in [5.74, 6) is 0. The molecule has 0 bridgehead atoms. The topological polar surface area (TPSA) is 124 Å². The van der Waals surface area contributed by atoms with Gasteiger partial charge in [0.15, 0.2) is 0 Å². The van der Waals surface area contributed by atoms with E-state index in [1.807, 2.05) is 0 Å². The second-order valence-corrected chi connectivity index (χ2v) is 3.56. The van der Waals surface area contributed by atoms with E-state index in [9.17, 15) is 9.36 Å². The second kappa shape index (κ2) is 7.92. The van der Waals surface area contributed by atoms with Crippen LogP contribution in [0.5, 0.6) is 0 Å². The molecule has 0 spiro atoms. The third-order valence-corrected chi connectivity index (χ3v) is 1.68. The molecule has 80 valence electrons. The Morgan fingerprint density at radius 3 is 2.21 bits per heavy atom. The van der Waals surface area contributed by atoms with Crippen LogP contribution in [0.1, 0.15) is 7.85 Å². The Bertz CT molecular complexity index is 210. The van der Waals surface area contributed by atoms with Crippen LogP contribution in [0.25, 0.3) is 0 Å². The fourth-order valence-corrected chi connectivity index (χ4v) is 0.887. The number of rotatable bonds is 6. The number of aldehydes is 1. The Balaban J connectivity index is -0.000000720. The van der Waals surface area contributed by atoms with Crippen LogP contribution in [0.2, 0.25) is 0 Å². The Morgan fingerprint density at radius 2 is 1.86 bits per heavy atom. The maximum absolute atomic E-state index is 10.1. The average Bonchev–Trinajstić information content (AvgIpc) is 1.99. The van der Waals surface area contributed by atoms with Crippen LogP contribution in [-0.4, -0.2) is 45.1 Å². The van der Waals surface area contributed by atoms with Gasteiger partial charge in [0.2, 0.25) is 0 Å². The van der Waals surface area contributed by atoms with Gasteiger partial charge in [-0.2, -0.15) is 0 Å². The zero-order valence-electron chi connectivity index (χ0n) is 8.61. The van der Waals surface area contributed by atoms with Crippen LogP contribution in [0.3, 0.4) is 0 Å². The third-order valence-electron chi connectivity index (χ3n) is 1.20. The Kier molecular flexibility index (Phi) is 9.68. The van der Waals surface area contributed by atoms with Gasteiger partial charge in [-0.05, 0) is 0 Å². The van der Waals surface area contributed by atoms with Crippen LogP contribution in [0.4, 0.5) is 0 Å². The van der Waals surface area contributed by atoms with E-state index in [4.69, 9.17) is 20.0 Å². The van der Waals surface area contributed by atoms with Crippen LogP contribution in [0.15, 0.2) is 0 Å². The summed E-state index contributed by atoms with van der Waals surface area (Å²) in [5.41, 5.74) is 0. The summed E-state index contributed by atoms with van der Waals surface area (Å²) in [7, 11) is -4.64. The van der Waals surface area contributed by atoms with Gasteiger partial charge >= 0.3 is 37.4 Å². The number of phosphoric ester groups is 1. The summed E-state index contributed by atoms with van der Waals surface area (Å²) in [6.07, 6.45) is -2.79. The predicted octanol–water partition coefficient (Wildman–Crippen LogP) is -4.48. The van der Waals surface area contributed by atoms with E-state index < -0.39 is 26.6 Å². The quantitative estimate of drug-likeness (QED) is 0.209. The van der Waals surface area contributed by atoms with Crippen LogP contribution >= 0.6 is 7.82 Å². The molecule has 7 nitrogen and oxygen atoms in total. The van der Waals surface area contributed by atoms with Crippen molar-refractivity contribution in [3.63, 3.8) is 0 Å². The molecule has 0 aliphatic carbocycles. The molecule has 0 aromatic carbocycles. The molecule has 0 aliphatic heterocycles. The minimum Gasteiger partial charge on any atom is -1.00 e. The van der Waals surface area contributed by atoms with Gasteiger partial charge < -0.3 is 26.2 Å². The molecule has 0 aliphatic rings. The first-order chi connectivity index (χ1) is 5.87. The van der Waals surface area contributed by atoms with E-state index in [0.29, 0.717) is 6.29 Å². The van der Waals surface area contributed by atoms with Gasteiger partial charge in [0.05, 0.1) is 12.7 Å². The smallest absolute Gasteiger partial charge is 1.00 e. The molecule has 9 heteroatoms. The van der Waals surface area contributed by atoms with Crippen LogP contribution in [-0.2, 0) is 13.9 Å². The number of carbonyl (C=O) groups is 1. The Labute approximate surface area is 104 Å². The molecule has 0 radical (unpaired) electrons. The number of hydrogen-bond acceptors (Lipinski definition) is 5. The summed E-state index contributed by atoms with van der Waals surface area (Å²) >= 11 is 0. The average molecular weight is 238 g/mol. The SMILES string of the molecule is O=CC[C@H](O)[C@H](O)COP(=O)(O)O.[H-].[Na+]. The first-order valence-corrected chi connectivity index (χ1v) is 4.89. The molecule has 4 N–H and O–H groups in total. The number of aliphatic hydroxyl groups excluding tert-OH is 2. The zero-order valence-corrected chi connectivity index (χ0v) is 10.5. The van der Waals surface area contributed by atoms with Crippen molar-refractivity contribution >= 4 is 14.1 Å². The number of hydrogen-bond donors (Lipinski definition) is 4. The third kappa shape index (κ3) is 9.26. The molecule has 0 saturated carbocycles. The largest absolute Gasteiger partial charge is 1.00 e. The molecule has 0 aromatic rings. The van der Waals surface area contributed by atoms with Crippen molar-refractivity contribution in [1.82, 2.24) is 0 Å². The zero-order chi connectivity index (χ0) is 10.5. The van der Waals surface area contributed by atoms with Crippen molar-refractivity contribution in [2.24, 2.45) is 0 Å². The number of carbonyl (C=O) groups excluding carboxylic acids is 1. The van der Waals surface area contributed by atoms with Crippen molar-refractivity contribution in [2.75, 3.05) is 6.61 Å². The molecule has 0 rings (SSSR count). The van der Waals surface area contributed by atoms with Gasteiger partial charge in [-0.1, -0.05) is 0 Å². The molecule has 0 aromatic heterocycles. The van der Waals surface area contributed by atoms with Crippen molar-refractivity contribution in [2.45, 2.75) is 18.6 Å². The monoisotopic (exact) mass is 238 g/mol. The van der Waals surface area contributed by atoms with Gasteiger partial charge in [0, 0.05) is 6.42 Å². The first kappa shape index (κ1) is 17.1. The second-order valence-electron chi connectivity index (χ2n) is 2.32. The van der Waals surface area contributed by atoms with Crippen molar-refractivity contribution in [3.05, 3.63) is 0 Å². The van der Waals surface area contributed by atoms with E-state index >= 15 is 0 Å². The molecule has 0 unspecified atom stereocenters. The molecule has 14 heavy (non-hydrogen) atoms. The minimum atomic E-state index is -4.64. The van der Waals surface area contributed by atoms with Gasteiger partial charge in [0.1, 0.15) is 12.4 Å². The van der Waals surface area contributed by atoms with E-state index in [1.54, 1.807) is 0 Å². The maximum Gasteiger partial charge on any atom is 1.00 e. The number of aliphatic hydroxyl groups is 2. The molecule has 0 saturated heterocycles. The molecule has 0 fully saturated rings. The minimum absolute atomic E-state index is 0. The van der Waals surface area contributed by atoms with Gasteiger partial charge in [-0.25, -0.2) is 4.57 Å². The Morgan fingerprint density at radius 1 is 1.36 bits per heavy atom.